The first-order valence-corrected chi connectivity index (χ1v) is 10.6. The maximum absolute atomic E-state index is 12.4. The minimum atomic E-state index is -3.32. The third kappa shape index (κ3) is 3.24. The smallest absolute Gasteiger partial charge is 0.286 e. The van der Waals surface area contributed by atoms with Crippen molar-refractivity contribution < 1.29 is 22.7 Å². The van der Waals surface area contributed by atoms with Crippen molar-refractivity contribution in [3.05, 3.63) is 28.2 Å². The molecule has 0 saturated carbocycles. The van der Waals surface area contributed by atoms with Gasteiger partial charge in [-0.1, -0.05) is 11.3 Å². The quantitative estimate of drug-likeness (QED) is 0.836. The average Bonchev–Trinajstić information content (AvgIpc) is 3.32. The van der Waals surface area contributed by atoms with Crippen LogP contribution >= 0.6 is 11.3 Å². The van der Waals surface area contributed by atoms with Gasteiger partial charge in [0.1, 0.15) is 5.01 Å². The Morgan fingerprint density at radius 1 is 1.31 bits per heavy atom. The number of fused-ring (bicyclic) bond motifs is 1. The first kappa shape index (κ1) is 17.2. The van der Waals surface area contributed by atoms with E-state index in [0.29, 0.717) is 35.2 Å². The Morgan fingerprint density at radius 3 is 2.92 bits per heavy atom. The van der Waals surface area contributed by atoms with Crippen LogP contribution < -0.4 is 14.8 Å². The van der Waals surface area contributed by atoms with Crippen molar-refractivity contribution in [3.63, 3.8) is 0 Å². The number of hydrogen-bond donors (Lipinski definition) is 1. The third-order valence-electron chi connectivity index (χ3n) is 4.18. The zero-order chi connectivity index (χ0) is 18.3. The Morgan fingerprint density at radius 2 is 2.12 bits per heavy atom. The van der Waals surface area contributed by atoms with Crippen molar-refractivity contribution >= 4 is 33.0 Å². The minimum absolute atomic E-state index is 0.157. The van der Waals surface area contributed by atoms with Crippen molar-refractivity contribution in [2.45, 2.75) is 18.9 Å². The van der Waals surface area contributed by atoms with Crippen molar-refractivity contribution in [1.82, 2.24) is 14.5 Å². The van der Waals surface area contributed by atoms with Gasteiger partial charge in [0.2, 0.25) is 21.8 Å². The van der Waals surface area contributed by atoms with E-state index < -0.39 is 15.9 Å². The number of rotatable bonds is 4. The molecule has 1 atom stereocenters. The number of nitrogens with zero attached hydrogens (tertiary/aromatic N) is 3. The molecule has 1 N–H and O–H groups in total. The second-order valence-corrected chi connectivity index (χ2v) is 8.94. The van der Waals surface area contributed by atoms with Gasteiger partial charge in [-0.2, -0.15) is 4.31 Å². The molecular weight excluding hydrogens is 380 g/mol. The number of hydrogen-bond acceptors (Lipinski definition) is 8. The van der Waals surface area contributed by atoms with E-state index in [-0.39, 0.29) is 17.8 Å². The second-order valence-electron chi connectivity index (χ2n) is 6.00. The number of benzene rings is 1. The molecule has 0 radical (unpaired) electrons. The molecule has 1 aromatic carbocycles. The SMILES string of the molecule is CS(=O)(=O)N1CCC[C@H]1c1nnc(C(=O)Nc2ccc3c(c2)OCO3)s1. The molecule has 11 heteroatoms. The topological polar surface area (TPSA) is 111 Å². The van der Waals surface area contributed by atoms with E-state index in [1.807, 2.05) is 0 Å². The summed E-state index contributed by atoms with van der Waals surface area (Å²) < 4.78 is 35.7. The van der Waals surface area contributed by atoms with E-state index in [1.165, 1.54) is 10.6 Å². The molecule has 138 valence electrons. The monoisotopic (exact) mass is 396 g/mol. The zero-order valence-electron chi connectivity index (χ0n) is 13.8. The zero-order valence-corrected chi connectivity index (χ0v) is 15.5. The van der Waals surface area contributed by atoms with Crippen LogP contribution in [0.15, 0.2) is 18.2 Å². The molecule has 3 heterocycles. The number of anilines is 1. The highest BCUT2D eigenvalue weighted by atomic mass is 32.2. The molecule has 0 bridgehead atoms. The largest absolute Gasteiger partial charge is 0.454 e. The molecule has 2 aliphatic rings. The van der Waals surface area contributed by atoms with Crippen molar-refractivity contribution in [2.75, 3.05) is 24.9 Å². The number of nitrogens with one attached hydrogen (secondary N) is 1. The van der Waals surface area contributed by atoms with E-state index >= 15 is 0 Å². The molecule has 26 heavy (non-hydrogen) atoms. The summed E-state index contributed by atoms with van der Waals surface area (Å²) in [7, 11) is -3.32. The first-order valence-electron chi connectivity index (χ1n) is 7.93. The highest BCUT2D eigenvalue weighted by Gasteiger charge is 2.35. The predicted octanol–water partition coefficient (Wildman–Crippen LogP) is 1.62. The molecule has 4 rings (SSSR count). The first-order chi connectivity index (χ1) is 12.4. The summed E-state index contributed by atoms with van der Waals surface area (Å²) in [6, 6.07) is 4.74. The van der Waals surface area contributed by atoms with E-state index in [0.717, 1.165) is 17.8 Å². The predicted molar refractivity (Wildman–Crippen MR) is 94.0 cm³/mol. The second kappa shape index (κ2) is 6.49. The lowest BCUT2D eigenvalue weighted by atomic mass is 10.2. The van der Waals surface area contributed by atoms with Crippen LogP contribution in [0.2, 0.25) is 0 Å². The van der Waals surface area contributed by atoms with Gasteiger partial charge in [-0.15, -0.1) is 10.2 Å². The molecule has 2 aliphatic heterocycles. The third-order valence-corrected chi connectivity index (χ3v) is 6.49. The van der Waals surface area contributed by atoms with Gasteiger partial charge < -0.3 is 14.8 Å². The maximum Gasteiger partial charge on any atom is 0.286 e. The van der Waals surface area contributed by atoms with Crippen molar-refractivity contribution in [3.8, 4) is 11.5 Å². The van der Waals surface area contributed by atoms with Crippen LogP contribution in [-0.2, 0) is 10.0 Å². The van der Waals surface area contributed by atoms with Gasteiger partial charge in [0, 0.05) is 18.3 Å². The van der Waals surface area contributed by atoms with Crippen LogP contribution in [-0.4, -0.2) is 48.4 Å². The number of amides is 1. The van der Waals surface area contributed by atoms with Crippen molar-refractivity contribution in [1.29, 1.82) is 0 Å². The van der Waals surface area contributed by atoms with Gasteiger partial charge in [0.15, 0.2) is 11.5 Å². The highest BCUT2D eigenvalue weighted by Crippen LogP contribution is 2.36. The Bertz CT molecular complexity index is 959. The molecule has 1 amide bonds. The Balaban J connectivity index is 1.50. The lowest BCUT2D eigenvalue weighted by Gasteiger charge is -2.19. The summed E-state index contributed by atoms with van der Waals surface area (Å²) in [5.74, 6) is 0.787. The maximum atomic E-state index is 12.4. The highest BCUT2D eigenvalue weighted by molar-refractivity contribution is 7.88. The fourth-order valence-corrected chi connectivity index (χ4v) is 5.08. The Hall–Kier alpha value is -2.24. The van der Waals surface area contributed by atoms with Crippen LogP contribution in [0.5, 0.6) is 11.5 Å². The standard InChI is InChI=1S/C15H16N4O5S2/c1-26(21,22)19-6-2-3-10(19)14-17-18-15(25-14)13(20)16-9-4-5-11-12(7-9)24-8-23-11/h4-5,7,10H,2-3,6,8H2,1H3,(H,16,20)/t10-/m0/s1. The average molecular weight is 396 g/mol. The summed E-state index contributed by atoms with van der Waals surface area (Å²) in [5, 5.41) is 11.4. The summed E-state index contributed by atoms with van der Waals surface area (Å²) in [6.45, 7) is 0.618. The van der Waals surface area contributed by atoms with Crippen molar-refractivity contribution in [2.24, 2.45) is 0 Å². The lowest BCUT2D eigenvalue weighted by molar-refractivity contribution is 0.102. The molecular formula is C15H16N4O5S2. The Kier molecular flexibility index (Phi) is 4.29. The molecule has 1 aromatic heterocycles. The van der Waals surface area contributed by atoms with Gasteiger partial charge >= 0.3 is 0 Å². The van der Waals surface area contributed by atoms with Gasteiger partial charge in [-0.05, 0) is 25.0 Å². The number of carbonyl (C=O) groups is 1. The summed E-state index contributed by atoms with van der Waals surface area (Å²) in [6.07, 6.45) is 2.61. The number of aromatic nitrogens is 2. The van der Waals surface area contributed by atoms with Gasteiger partial charge in [0.25, 0.3) is 5.91 Å². The molecule has 0 unspecified atom stereocenters. The normalized spacial score (nSPS) is 19.7. The Labute approximate surface area is 154 Å². The lowest BCUT2D eigenvalue weighted by Crippen LogP contribution is -2.29. The van der Waals surface area contributed by atoms with E-state index in [1.54, 1.807) is 18.2 Å². The van der Waals surface area contributed by atoms with Crippen LogP contribution in [0.25, 0.3) is 0 Å². The number of carbonyl (C=O) groups excluding carboxylic acids is 1. The molecule has 9 nitrogen and oxygen atoms in total. The molecule has 0 spiro atoms. The number of sulfonamides is 1. The molecule has 1 fully saturated rings. The number of ether oxygens (including phenoxy) is 2. The minimum Gasteiger partial charge on any atom is -0.454 e. The van der Waals surface area contributed by atoms with Gasteiger partial charge in [-0.3, -0.25) is 4.79 Å². The van der Waals surface area contributed by atoms with Crippen LogP contribution in [0.3, 0.4) is 0 Å². The van der Waals surface area contributed by atoms with E-state index in [2.05, 4.69) is 15.5 Å². The van der Waals surface area contributed by atoms with E-state index in [4.69, 9.17) is 9.47 Å². The fraction of sp³-hybridized carbons (Fsp3) is 0.400. The van der Waals surface area contributed by atoms with Crippen LogP contribution in [0, 0.1) is 0 Å². The summed E-state index contributed by atoms with van der Waals surface area (Å²) in [5.41, 5.74) is 0.551. The van der Waals surface area contributed by atoms with E-state index in [9.17, 15) is 13.2 Å². The fourth-order valence-electron chi connectivity index (χ4n) is 3.00. The van der Waals surface area contributed by atoms with Crippen LogP contribution in [0.1, 0.15) is 33.7 Å². The van der Waals surface area contributed by atoms with Gasteiger partial charge in [0.05, 0.1) is 12.3 Å². The molecule has 0 aliphatic carbocycles. The van der Waals surface area contributed by atoms with Crippen LogP contribution in [0.4, 0.5) is 5.69 Å². The summed E-state index contributed by atoms with van der Waals surface area (Å²) >= 11 is 1.11. The molecule has 1 saturated heterocycles. The molecule has 2 aromatic rings. The summed E-state index contributed by atoms with van der Waals surface area (Å²) in [4.78, 5) is 12.4. The van der Waals surface area contributed by atoms with Gasteiger partial charge in [-0.25, -0.2) is 8.42 Å².